The SMILES string of the molecule is C=CCNC(=O)O[C@H]1O[C@H]([C@H]2COC(C)(C)O2)[C@@H]2OC(C)(C)O[C@H]12. The zero-order chi connectivity index (χ0) is 17.5. The molecular formula is C16H25NO7. The molecule has 0 aliphatic carbocycles. The van der Waals surface area contributed by atoms with Crippen LogP contribution in [0.5, 0.6) is 0 Å². The van der Waals surface area contributed by atoms with E-state index >= 15 is 0 Å². The van der Waals surface area contributed by atoms with Crippen molar-refractivity contribution in [2.24, 2.45) is 0 Å². The highest BCUT2D eigenvalue weighted by molar-refractivity contribution is 5.67. The van der Waals surface area contributed by atoms with Crippen LogP contribution in [0, 0.1) is 0 Å². The number of carbonyl (C=O) groups is 1. The summed E-state index contributed by atoms with van der Waals surface area (Å²) in [6.07, 6.45) is -1.61. The zero-order valence-corrected chi connectivity index (χ0v) is 14.4. The highest BCUT2D eigenvalue weighted by atomic mass is 16.8. The second-order valence-electron chi connectivity index (χ2n) is 6.98. The lowest BCUT2D eigenvalue weighted by Gasteiger charge is -2.26. The second kappa shape index (κ2) is 6.27. The Morgan fingerprint density at radius 1 is 1.17 bits per heavy atom. The third kappa shape index (κ3) is 3.57. The van der Waals surface area contributed by atoms with E-state index in [9.17, 15) is 4.79 Å². The van der Waals surface area contributed by atoms with E-state index in [2.05, 4.69) is 11.9 Å². The molecule has 3 fully saturated rings. The molecule has 8 nitrogen and oxygen atoms in total. The Bertz CT molecular complexity index is 507. The number of alkyl carbamates (subject to hydrolysis) is 1. The monoisotopic (exact) mass is 343 g/mol. The minimum absolute atomic E-state index is 0.305. The smallest absolute Gasteiger partial charge is 0.409 e. The molecule has 3 aliphatic heterocycles. The van der Waals surface area contributed by atoms with Gasteiger partial charge in [0.05, 0.1) is 6.61 Å². The first-order chi connectivity index (χ1) is 11.2. The van der Waals surface area contributed by atoms with Gasteiger partial charge in [0.1, 0.15) is 18.3 Å². The van der Waals surface area contributed by atoms with Crippen LogP contribution >= 0.6 is 0 Å². The molecule has 0 bridgehead atoms. The van der Waals surface area contributed by atoms with Gasteiger partial charge in [0, 0.05) is 6.54 Å². The van der Waals surface area contributed by atoms with Crippen LogP contribution in [0.15, 0.2) is 12.7 Å². The van der Waals surface area contributed by atoms with Crippen molar-refractivity contribution in [3.05, 3.63) is 12.7 Å². The van der Waals surface area contributed by atoms with Gasteiger partial charge >= 0.3 is 6.09 Å². The van der Waals surface area contributed by atoms with Gasteiger partial charge in [-0.1, -0.05) is 6.08 Å². The average Bonchev–Trinajstić information content (AvgIpc) is 3.08. The number of hydrogen-bond acceptors (Lipinski definition) is 7. The van der Waals surface area contributed by atoms with Gasteiger partial charge in [-0.05, 0) is 27.7 Å². The maximum absolute atomic E-state index is 11.8. The van der Waals surface area contributed by atoms with Crippen LogP contribution in [0.3, 0.4) is 0 Å². The maximum atomic E-state index is 11.8. The summed E-state index contributed by atoms with van der Waals surface area (Å²) in [5.41, 5.74) is 0. The lowest BCUT2D eigenvalue weighted by molar-refractivity contribution is -0.235. The van der Waals surface area contributed by atoms with E-state index in [4.69, 9.17) is 28.4 Å². The van der Waals surface area contributed by atoms with E-state index in [0.717, 1.165) is 0 Å². The Kier molecular flexibility index (Phi) is 4.61. The quantitative estimate of drug-likeness (QED) is 0.770. The van der Waals surface area contributed by atoms with Crippen LogP contribution in [-0.2, 0) is 28.4 Å². The summed E-state index contributed by atoms with van der Waals surface area (Å²) in [6, 6.07) is 0. The molecular weight excluding hydrogens is 318 g/mol. The molecule has 0 saturated carbocycles. The van der Waals surface area contributed by atoms with E-state index in [1.165, 1.54) is 0 Å². The fourth-order valence-corrected chi connectivity index (χ4v) is 3.17. The molecule has 8 heteroatoms. The number of nitrogens with one attached hydrogen (secondary N) is 1. The van der Waals surface area contributed by atoms with Crippen molar-refractivity contribution < 1.29 is 33.2 Å². The number of amides is 1. The van der Waals surface area contributed by atoms with Crippen molar-refractivity contribution in [1.82, 2.24) is 5.32 Å². The van der Waals surface area contributed by atoms with Crippen molar-refractivity contribution >= 4 is 6.09 Å². The van der Waals surface area contributed by atoms with Gasteiger partial charge in [-0.25, -0.2) is 4.79 Å². The summed E-state index contributed by atoms with van der Waals surface area (Å²) in [6.45, 7) is 11.5. The molecule has 0 aromatic rings. The van der Waals surface area contributed by atoms with E-state index in [1.807, 2.05) is 27.7 Å². The lowest BCUT2D eigenvalue weighted by atomic mass is 10.1. The van der Waals surface area contributed by atoms with Crippen LogP contribution in [0.1, 0.15) is 27.7 Å². The van der Waals surface area contributed by atoms with Crippen LogP contribution < -0.4 is 5.32 Å². The third-order valence-electron chi connectivity index (χ3n) is 4.06. The molecule has 0 aromatic carbocycles. The predicted molar refractivity (Wildman–Crippen MR) is 82.1 cm³/mol. The van der Waals surface area contributed by atoms with Gasteiger partial charge in [0.2, 0.25) is 6.29 Å². The minimum Gasteiger partial charge on any atom is -0.417 e. The molecule has 3 heterocycles. The molecule has 1 N–H and O–H groups in total. The summed E-state index contributed by atoms with van der Waals surface area (Å²) in [5.74, 6) is -1.47. The Balaban J connectivity index is 1.70. The predicted octanol–water partition coefficient (Wildman–Crippen LogP) is 1.30. The highest BCUT2D eigenvalue weighted by Gasteiger charge is 2.60. The van der Waals surface area contributed by atoms with Crippen molar-refractivity contribution in [2.45, 2.75) is 70.0 Å². The first-order valence-electron chi connectivity index (χ1n) is 8.09. The Hall–Kier alpha value is -1.19. The summed E-state index contributed by atoms with van der Waals surface area (Å²) in [5, 5.41) is 2.55. The Labute approximate surface area is 141 Å². The lowest BCUT2D eigenvalue weighted by Crippen LogP contribution is -2.40. The Morgan fingerprint density at radius 3 is 2.50 bits per heavy atom. The molecule has 3 aliphatic rings. The van der Waals surface area contributed by atoms with E-state index < -0.39 is 42.3 Å². The first kappa shape index (κ1) is 17.6. The van der Waals surface area contributed by atoms with Gasteiger partial charge in [0.15, 0.2) is 17.7 Å². The van der Waals surface area contributed by atoms with Crippen LogP contribution in [0.25, 0.3) is 0 Å². The van der Waals surface area contributed by atoms with E-state index in [-0.39, 0.29) is 6.10 Å². The molecule has 24 heavy (non-hydrogen) atoms. The normalized spacial score (nSPS) is 39.4. The molecule has 0 spiro atoms. The summed E-state index contributed by atoms with van der Waals surface area (Å²) in [4.78, 5) is 11.8. The van der Waals surface area contributed by atoms with Crippen molar-refractivity contribution in [2.75, 3.05) is 13.2 Å². The molecule has 3 rings (SSSR count). The number of hydrogen-bond donors (Lipinski definition) is 1. The van der Waals surface area contributed by atoms with Crippen LogP contribution in [-0.4, -0.2) is 61.5 Å². The number of fused-ring (bicyclic) bond motifs is 1. The second-order valence-corrected chi connectivity index (χ2v) is 6.98. The van der Waals surface area contributed by atoms with Gasteiger partial charge in [0.25, 0.3) is 0 Å². The molecule has 0 aromatic heterocycles. The molecule has 136 valence electrons. The minimum atomic E-state index is -0.876. The van der Waals surface area contributed by atoms with E-state index in [0.29, 0.717) is 13.2 Å². The van der Waals surface area contributed by atoms with Gasteiger partial charge in [-0.2, -0.15) is 0 Å². The molecule has 3 saturated heterocycles. The van der Waals surface area contributed by atoms with Crippen molar-refractivity contribution in [3.8, 4) is 0 Å². The average molecular weight is 343 g/mol. The highest BCUT2D eigenvalue weighted by Crippen LogP contribution is 2.42. The van der Waals surface area contributed by atoms with Crippen LogP contribution in [0.4, 0.5) is 4.79 Å². The molecule has 0 radical (unpaired) electrons. The largest absolute Gasteiger partial charge is 0.417 e. The number of carbonyl (C=O) groups excluding carboxylic acids is 1. The van der Waals surface area contributed by atoms with Gasteiger partial charge in [-0.3, -0.25) is 0 Å². The van der Waals surface area contributed by atoms with Gasteiger partial charge < -0.3 is 33.7 Å². The van der Waals surface area contributed by atoms with Gasteiger partial charge in [-0.15, -0.1) is 6.58 Å². The van der Waals surface area contributed by atoms with E-state index in [1.54, 1.807) is 6.08 Å². The third-order valence-corrected chi connectivity index (χ3v) is 4.06. The Morgan fingerprint density at radius 2 is 1.88 bits per heavy atom. The van der Waals surface area contributed by atoms with Crippen LogP contribution in [0.2, 0.25) is 0 Å². The summed E-state index contributed by atoms with van der Waals surface area (Å²) >= 11 is 0. The summed E-state index contributed by atoms with van der Waals surface area (Å²) < 4.78 is 34.5. The molecule has 1 amide bonds. The maximum Gasteiger partial charge on any atom is 0.409 e. The molecule has 0 unspecified atom stereocenters. The first-order valence-corrected chi connectivity index (χ1v) is 8.09. The fraction of sp³-hybridized carbons (Fsp3) is 0.812. The fourth-order valence-electron chi connectivity index (χ4n) is 3.17. The standard InChI is InChI=1S/C16H25NO7/c1-6-7-17-14(18)21-13-12-11(23-16(4,5)24-12)10(20-13)9-8-19-15(2,3)22-9/h6,9-13H,1,7-8H2,2-5H3,(H,17,18)/t9-,10-,11+,12+,13-/m1/s1. The zero-order valence-electron chi connectivity index (χ0n) is 14.4. The topological polar surface area (TPSA) is 84.5 Å². The van der Waals surface area contributed by atoms with Crippen molar-refractivity contribution in [3.63, 3.8) is 0 Å². The molecule has 5 atom stereocenters. The number of ether oxygens (including phenoxy) is 6. The van der Waals surface area contributed by atoms with Crippen molar-refractivity contribution in [1.29, 1.82) is 0 Å². The summed E-state index contributed by atoms with van der Waals surface area (Å²) in [7, 11) is 0. The number of rotatable bonds is 4.